The molecule has 0 spiro atoms. The fourth-order valence-corrected chi connectivity index (χ4v) is 2.97. The summed E-state index contributed by atoms with van der Waals surface area (Å²) in [6, 6.07) is 0.443. The van der Waals surface area contributed by atoms with Crippen molar-refractivity contribution >= 4 is 0 Å². The van der Waals surface area contributed by atoms with Gasteiger partial charge in [0.2, 0.25) is 0 Å². The Morgan fingerprint density at radius 1 is 1.16 bits per heavy atom. The highest BCUT2D eigenvalue weighted by atomic mass is 16.5. The summed E-state index contributed by atoms with van der Waals surface area (Å²) in [4.78, 5) is 0. The van der Waals surface area contributed by atoms with Crippen LogP contribution >= 0.6 is 0 Å². The molecule has 1 N–H and O–H groups in total. The Balaban J connectivity index is 2.73. The van der Waals surface area contributed by atoms with Crippen molar-refractivity contribution in [1.82, 2.24) is 5.32 Å². The van der Waals surface area contributed by atoms with Gasteiger partial charge in [-0.05, 0) is 52.0 Å². The molecular weight excluding hydrogens is 234 g/mol. The molecule has 2 nitrogen and oxygen atoms in total. The van der Waals surface area contributed by atoms with Crippen molar-refractivity contribution in [1.29, 1.82) is 0 Å². The van der Waals surface area contributed by atoms with Crippen LogP contribution in [0.1, 0.15) is 72.1 Å². The van der Waals surface area contributed by atoms with E-state index in [9.17, 15) is 0 Å². The Morgan fingerprint density at radius 2 is 2.00 bits per heavy atom. The molecule has 112 valence electrons. The quantitative estimate of drug-likeness (QED) is 0.623. The molecule has 1 aliphatic rings. The molecule has 1 aliphatic carbocycles. The third kappa shape index (κ3) is 6.09. The monoisotopic (exact) mass is 267 g/mol. The Kier molecular flexibility index (Phi) is 9.19. The van der Waals surface area contributed by atoms with Gasteiger partial charge in [0.15, 0.2) is 0 Å². The third-order valence-electron chi connectivity index (χ3n) is 3.92. The molecule has 0 heterocycles. The van der Waals surface area contributed by atoms with E-state index in [-0.39, 0.29) is 0 Å². The van der Waals surface area contributed by atoms with Gasteiger partial charge in [0.25, 0.3) is 0 Å². The number of hydrogen-bond acceptors (Lipinski definition) is 2. The number of ether oxygens (including phenoxy) is 1. The molecule has 0 aromatic heterocycles. The standard InChI is InChI=1S/C17H33NO/c1-4-11-16(19-6-3)17(18-14-5-2)15-12-9-7-8-10-13-15/h12,16-18H,4-11,13-14H2,1-3H3. The minimum Gasteiger partial charge on any atom is -0.377 e. The van der Waals surface area contributed by atoms with Crippen LogP contribution in [0.5, 0.6) is 0 Å². The van der Waals surface area contributed by atoms with Gasteiger partial charge in [-0.25, -0.2) is 0 Å². The molecule has 1 rings (SSSR count). The van der Waals surface area contributed by atoms with Crippen LogP contribution < -0.4 is 5.32 Å². The van der Waals surface area contributed by atoms with E-state index in [1.54, 1.807) is 5.57 Å². The summed E-state index contributed by atoms with van der Waals surface area (Å²) in [7, 11) is 0. The summed E-state index contributed by atoms with van der Waals surface area (Å²) in [5.74, 6) is 0. The highest BCUT2D eigenvalue weighted by molar-refractivity contribution is 5.14. The predicted octanol–water partition coefficient (Wildman–Crippen LogP) is 4.45. The summed E-state index contributed by atoms with van der Waals surface area (Å²) in [6.07, 6.45) is 13.0. The van der Waals surface area contributed by atoms with E-state index in [4.69, 9.17) is 4.74 Å². The molecule has 2 unspecified atom stereocenters. The average Bonchev–Trinajstić information content (AvgIpc) is 2.69. The molecule has 0 saturated carbocycles. The minimum absolute atomic E-state index is 0.353. The molecule has 19 heavy (non-hydrogen) atoms. The van der Waals surface area contributed by atoms with Crippen LogP contribution in [-0.4, -0.2) is 25.3 Å². The van der Waals surface area contributed by atoms with Crippen molar-refractivity contribution in [2.24, 2.45) is 0 Å². The number of rotatable bonds is 9. The Hall–Kier alpha value is -0.340. The van der Waals surface area contributed by atoms with Crippen molar-refractivity contribution in [3.8, 4) is 0 Å². The van der Waals surface area contributed by atoms with Crippen molar-refractivity contribution in [2.75, 3.05) is 13.2 Å². The Labute approximate surface area is 120 Å². The fourth-order valence-electron chi connectivity index (χ4n) is 2.97. The van der Waals surface area contributed by atoms with Crippen LogP contribution in [0.15, 0.2) is 11.6 Å². The van der Waals surface area contributed by atoms with Crippen LogP contribution in [-0.2, 0) is 4.74 Å². The van der Waals surface area contributed by atoms with E-state index in [1.807, 2.05) is 0 Å². The third-order valence-corrected chi connectivity index (χ3v) is 3.92. The average molecular weight is 267 g/mol. The molecule has 2 heteroatoms. The minimum atomic E-state index is 0.353. The lowest BCUT2D eigenvalue weighted by Gasteiger charge is -2.30. The second-order valence-electron chi connectivity index (χ2n) is 5.59. The molecule has 2 atom stereocenters. The largest absolute Gasteiger partial charge is 0.377 e. The van der Waals surface area contributed by atoms with Gasteiger partial charge in [-0.2, -0.15) is 0 Å². The van der Waals surface area contributed by atoms with E-state index in [1.165, 1.54) is 44.9 Å². The summed E-state index contributed by atoms with van der Waals surface area (Å²) >= 11 is 0. The lowest BCUT2D eigenvalue weighted by Crippen LogP contribution is -2.43. The van der Waals surface area contributed by atoms with Crippen LogP contribution in [0, 0.1) is 0 Å². The topological polar surface area (TPSA) is 21.3 Å². The first-order valence-corrected chi connectivity index (χ1v) is 8.37. The number of nitrogens with one attached hydrogen (secondary N) is 1. The second-order valence-corrected chi connectivity index (χ2v) is 5.59. The molecular formula is C17H33NO. The van der Waals surface area contributed by atoms with E-state index in [2.05, 4.69) is 32.2 Å². The zero-order valence-electron chi connectivity index (χ0n) is 13.2. The van der Waals surface area contributed by atoms with E-state index in [0.717, 1.165) is 19.6 Å². The molecule has 0 bridgehead atoms. The normalized spacial score (nSPS) is 19.6. The summed E-state index contributed by atoms with van der Waals surface area (Å²) in [5.41, 5.74) is 1.61. The van der Waals surface area contributed by atoms with Gasteiger partial charge in [0, 0.05) is 6.61 Å². The van der Waals surface area contributed by atoms with E-state index >= 15 is 0 Å². The van der Waals surface area contributed by atoms with Crippen molar-refractivity contribution in [3.05, 3.63) is 11.6 Å². The first-order chi connectivity index (χ1) is 9.33. The van der Waals surface area contributed by atoms with Gasteiger partial charge in [0.05, 0.1) is 12.1 Å². The molecule has 0 aromatic rings. The number of allylic oxidation sites excluding steroid dienone is 1. The van der Waals surface area contributed by atoms with Crippen molar-refractivity contribution in [3.63, 3.8) is 0 Å². The zero-order chi connectivity index (χ0) is 13.9. The molecule has 0 radical (unpaired) electrons. The lowest BCUT2D eigenvalue weighted by atomic mass is 9.94. The highest BCUT2D eigenvalue weighted by Gasteiger charge is 2.24. The summed E-state index contributed by atoms with van der Waals surface area (Å²) < 4.78 is 6.03. The summed E-state index contributed by atoms with van der Waals surface area (Å²) in [5, 5.41) is 3.74. The Morgan fingerprint density at radius 3 is 2.68 bits per heavy atom. The second kappa shape index (κ2) is 10.4. The van der Waals surface area contributed by atoms with Gasteiger partial charge in [-0.15, -0.1) is 0 Å². The molecule has 0 fully saturated rings. The van der Waals surface area contributed by atoms with Gasteiger partial charge in [0.1, 0.15) is 0 Å². The highest BCUT2D eigenvalue weighted by Crippen LogP contribution is 2.24. The first-order valence-electron chi connectivity index (χ1n) is 8.37. The van der Waals surface area contributed by atoms with E-state index < -0.39 is 0 Å². The lowest BCUT2D eigenvalue weighted by molar-refractivity contribution is 0.0361. The van der Waals surface area contributed by atoms with Gasteiger partial charge >= 0.3 is 0 Å². The van der Waals surface area contributed by atoms with Crippen molar-refractivity contribution < 1.29 is 4.74 Å². The maximum Gasteiger partial charge on any atom is 0.0766 e. The van der Waals surface area contributed by atoms with Gasteiger partial charge in [-0.1, -0.05) is 38.3 Å². The summed E-state index contributed by atoms with van der Waals surface area (Å²) in [6.45, 7) is 8.52. The maximum absolute atomic E-state index is 6.03. The van der Waals surface area contributed by atoms with Crippen LogP contribution in [0.4, 0.5) is 0 Å². The van der Waals surface area contributed by atoms with Gasteiger partial charge in [-0.3, -0.25) is 0 Å². The number of hydrogen-bond donors (Lipinski definition) is 1. The van der Waals surface area contributed by atoms with E-state index in [0.29, 0.717) is 12.1 Å². The smallest absolute Gasteiger partial charge is 0.0766 e. The van der Waals surface area contributed by atoms with Crippen LogP contribution in [0.25, 0.3) is 0 Å². The SMILES string of the molecule is CCCNC(C1=CCCCCC1)C(CCC)OCC. The maximum atomic E-state index is 6.03. The Bertz CT molecular complexity index is 244. The zero-order valence-corrected chi connectivity index (χ0v) is 13.2. The first kappa shape index (κ1) is 16.7. The predicted molar refractivity (Wildman–Crippen MR) is 83.6 cm³/mol. The van der Waals surface area contributed by atoms with Crippen LogP contribution in [0.3, 0.4) is 0 Å². The molecule has 0 saturated heterocycles. The van der Waals surface area contributed by atoms with Crippen LogP contribution in [0.2, 0.25) is 0 Å². The van der Waals surface area contributed by atoms with Gasteiger partial charge < -0.3 is 10.1 Å². The fraction of sp³-hybridized carbons (Fsp3) is 0.882. The molecule has 0 aromatic carbocycles. The molecule has 0 amide bonds. The molecule has 0 aliphatic heterocycles. The van der Waals surface area contributed by atoms with Crippen molar-refractivity contribution in [2.45, 2.75) is 84.3 Å².